The summed E-state index contributed by atoms with van der Waals surface area (Å²) in [5.41, 5.74) is 0.487. The Morgan fingerprint density at radius 1 is 1.50 bits per heavy atom. The van der Waals surface area contributed by atoms with Crippen LogP contribution in [0.15, 0.2) is 29.1 Å². The van der Waals surface area contributed by atoms with Crippen molar-refractivity contribution in [2.45, 2.75) is 6.42 Å². The number of hydrogen-bond donors (Lipinski definition) is 2. The number of benzene rings is 1. The fraction of sp³-hybridized carbons (Fsp3) is 0.167. The van der Waals surface area contributed by atoms with Crippen molar-refractivity contribution in [1.29, 1.82) is 0 Å². The second-order valence-corrected chi connectivity index (χ2v) is 3.91. The first kappa shape index (κ1) is 12.1. The van der Waals surface area contributed by atoms with E-state index in [4.69, 9.17) is 5.11 Å². The van der Waals surface area contributed by atoms with E-state index in [2.05, 4.69) is 5.10 Å². The summed E-state index contributed by atoms with van der Waals surface area (Å²) < 4.78 is 14.3. The van der Waals surface area contributed by atoms with Gasteiger partial charge in [0, 0.05) is 12.6 Å². The molecular formula is C12H11FN2O3. The van der Waals surface area contributed by atoms with Crippen molar-refractivity contribution in [3.05, 3.63) is 46.0 Å². The molecule has 0 fully saturated rings. The van der Waals surface area contributed by atoms with Gasteiger partial charge in [-0.1, -0.05) is 12.1 Å². The van der Waals surface area contributed by atoms with E-state index in [1.54, 1.807) is 6.07 Å². The lowest BCUT2D eigenvalue weighted by atomic mass is 10.1. The van der Waals surface area contributed by atoms with Crippen molar-refractivity contribution >= 4 is 5.97 Å². The molecule has 0 radical (unpaired) electrons. The highest BCUT2D eigenvalue weighted by Crippen LogP contribution is 2.20. The topological polar surface area (TPSA) is 75.1 Å². The van der Waals surface area contributed by atoms with Crippen LogP contribution < -0.4 is 5.56 Å². The van der Waals surface area contributed by atoms with Gasteiger partial charge in [-0.3, -0.25) is 19.4 Å². The van der Waals surface area contributed by atoms with E-state index in [0.717, 1.165) is 0 Å². The van der Waals surface area contributed by atoms with Crippen molar-refractivity contribution in [2.24, 2.45) is 7.05 Å². The minimum Gasteiger partial charge on any atom is -0.481 e. The largest absolute Gasteiger partial charge is 0.481 e. The lowest BCUT2D eigenvalue weighted by Gasteiger charge is -2.00. The van der Waals surface area contributed by atoms with Crippen molar-refractivity contribution < 1.29 is 14.3 Å². The van der Waals surface area contributed by atoms with Crippen LogP contribution in [0, 0.1) is 5.82 Å². The second kappa shape index (κ2) is 4.48. The summed E-state index contributed by atoms with van der Waals surface area (Å²) in [4.78, 5) is 22.5. The number of nitrogens with one attached hydrogen (secondary N) is 1. The third-order valence-electron chi connectivity index (χ3n) is 2.59. The molecule has 0 atom stereocenters. The molecule has 1 aromatic heterocycles. The van der Waals surface area contributed by atoms with Gasteiger partial charge in [0.2, 0.25) is 0 Å². The lowest BCUT2D eigenvalue weighted by Crippen LogP contribution is -2.17. The first-order valence-corrected chi connectivity index (χ1v) is 5.24. The number of aryl methyl sites for hydroxylation is 1. The van der Waals surface area contributed by atoms with Crippen LogP contribution in [0.5, 0.6) is 0 Å². The normalized spacial score (nSPS) is 10.6. The Morgan fingerprint density at radius 2 is 2.22 bits per heavy atom. The molecule has 2 aromatic rings. The number of carboxylic acid groups (broad SMARTS) is 1. The zero-order valence-corrected chi connectivity index (χ0v) is 9.61. The first-order chi connectivity index (χ1) is 8.49. The van der Waals surface area contributed by atoms with Crippen LogP contribution in [-0.2, 0) is 18.3 Å². The van der Waals surface area contributed by atoms with E-state index in [0.29, 0.717) is 11.3 Å². The molecule has 2 rings (SSSR count). The quantitative estimate of drug-likeness (QED) is 0.857. The molecule has 0 aliphatic heterocycles. The van der Waals surface area contributed by atoms with E-state index >= 15 is 0 Å². The first-order valence-electron chi connectivity index (χ1n) is 5.24. The predicted octanol–water partition coefficient (Wildman–Crippen LogP) is 1.15. The molecular weight excluding hydrogens is 239 g/mol. The third-order valence-corrected chi connectivity index (χ3v) is 2.59. The summed E-state index contributed by atoms with van der Waals surface area (Å²) in [7, 11) is 1.48. The maximum atomic E-state index is 13.1. The number of carboxylic acids is 1. The molecule has 0 saturated heterocycles. The molecule has 0 aliphatic rings. The van der Waals surface area contributed by atoms with E-state index in [1.165, 1.54) is 29.9 Å². The molecule has 0 bridgehead atoms. The Labute approximate surface area is 101 Å². The van der Waals surface area contributed by atoms with Crippen LogP contribution in [0.4, 0.5) is 4.39 Å². The van der Waals surface area contributed by atoms with Crippen molar-refractivity contribution in [3.63, 3.8) is 0 Å². The Balaban J connectivity index is 2.60. The number of aromatic amines is 1. The van der Waals surface area contributed by atoms with E-state index in [1.807, 2.05) is 0 Å². The maximum Gasteiger partial charge on any atom is 0.308 e. The highest BCUT2D eigenvalue weighted by atomic mass is 19.1. The van der Waals surface area contributed by atoms with Gasteiger partial charge >= 0.3 is 5.97 Å². The van der Waals surface area contributed by atoms with Gasteiger partial charge in [-0.15, -0.1) is 0 Å². The lowest BCUT2D eigenvalue weighted by molar-refractivity contribution is -0.136. The van der Waals surface area contributed by atoms with Crippen molar-refractivity contribution in [1.82, 2.24) is 9.78 Å². The summed E-state index contributed by atoms with van der Waals surface area (Å²) >= 11 is 0. The Hall–Kier alpha value is -2.37. The van der Waals surface area contributed by atoms with Crippen LogP contribution in [-0.4, -0.2) is 20.9 Å². The van der Waals surface area contributed by atoms with Gasteiger partial charge in [-0.25, -0.2) is 4.39 Å². The number of H-pyrrole nitrogens is 1. The molecule has 0 aliphatic carbocycles. The molecule has 1 aromatic carbocycles. The fourth-order valence-corrected chi connectivity index (χ4v) is 1.79. The van der Waals surface area contributed by atoms with Gasteiger partial charge < -0.3 is 5.11 Å². The molecule has 0 spiro atoms. The highest BCUT2D eigenvalue weighted by Gasteiger charge is 2.17. The van der Waals surface area contributed by atoms with Gasteiger partial charge in [0.1, 0.15) is 5.82 Å². The summed E-state index contributed by atoms with van der Waals surface area (Å²) in [6.07, 6.45) is -0.401. The third kappa shape index (κ3) is 2.17. The van der Waals surface area contributed by atoms with Gasteiger partial charge in [0.15, 0.2) is 0 Å². The van der Waals surface area contributed by atoms with Crippen LogP contribution in [0.2, 0.25) is 0 Å². The highest BCUT2D eigenvalue weighted by molar-refractivity contribution is 5.74. The molecule has 1 heterocycles. The van der Waals surface area contributed by atoms with Crippen LogP contribution in [0.1, 0.15) is 5.56 Å². The van der Waals surface area contributed by atoms with Gasteiger partial charge in [-0.2, -0.15) is 0 Å². The molecule has 0 amide bonds. The molecule has 94 valence electrons. The van der Waals surface area contributed by atoms with Crippen LogP contribution >= 0.6 is 0 Å². The fourth-order valence-electron chi connectivity index (χ4n) is 1.79. The number of rotatable bonds is 3. The minimum atomic E-state index is -1.11. The van der Waals surface area contributed by atoms with E-state index in [-0.39, 0.29) is 5.56 Å². The summed E-state index contributed by atoms with van der Waals surface area (Å²) in [5, 5.41) is 11.5. The molecule has 5 nitrogen and oxygen atoms in total. The number of hydrogen-bond acceptors (Lipinski definition) is 2. The zero-order chi connectivity index (χ0) is 13.3. The molecule has 2 N–H and O–H groups in total. The van der Waals surface area contributed by atoms with Crippen LogP contribution in [0.3, 0.4) is 0 Å². The summed E-state index contributed by atoms with van der Waals surface area (Å²) in [6, 6.07) is 5.64. The zero-order valence-electron chi connectivity index (χ0n) is 9.61. The maximum absolute atomic E-state index is 13.1. The Bertz CT molecular complexity index is 658. The van der Waals surface area contributed by atoms with E-state index in [9.17, 15) is 14.0 Å². The molecule has 18 heavy (non-hydrogen) atoms. The second-order valence-electron chi connectivity index (χ2n) is 3.91. The molecule has 6 heteroatoms. The Morgan fingerprint density at radius 3 is 2.83 bits per heavy atom. The SMILES string of the molecule is Cn1[nH]c(-c2cccc(F)c2)c(CC(=O)O)c1=O. The standard InChI is InChI=1S/C12H11FN2O3/c1-15-12(18)9(6-10(16)17)11(14-15)7-3-2-4-8(13)5-7/h2-5,14H,6H2,1H3,(H,16,17). The van der Waals surface area contributed by atoms with E-state index < -0.39 is 23.8 Å². The number of carbonyl (C=O) groups is 1. The Kier molecular flexibility index (Phi) is 3.01. The van der Waals surface area contributed by atoms with Gasteiger partial charge in [-0.05, 0) is 12.1 Å². The number of nitrogens with zero attached hydrogens (tertiary/aromatic N) is 1. The monoisotopic (exact) mass is 250 g/mol. The number of halogens is 1. The average Bonchev–Trinajstić information content (AvgIpc) is 2.57. The average molecular weight is 250 g/mol. The number of aromatic nitrogens is 2. The van der Waals surface area contributed by atoms with Crippen molar-refractivity contribution in [3.8, 4) is 11.3 Å². The smallest absolute Gasteiger partial charge is 0.308 e. The van der Waals surface area contributed by atoms with Gasteiger partial charge in [0.25, 0.3) is 5.56 Å². The summed E-state index contributed by atoms with van der Waals surface area (Å²) in [6.45, 7) is 0. The van der Waals surface area contributed by atoms with Gasteiger partial charge in [0.05, 0.1) is 17.7 Å². The minimum absolute atomic E-state index is 0.121. The predicted molar refractivity (Wildman–Crippen MR) is 62.8 cm³/mol. The molecule has 0 saturated carbocycles. The molecule has 0 unspecified atom stereocenters. The number of aliphatic carboxylic acids is 1. The van der Waals surface area contributed by atoms with Crippen molar-refractivity contribution in [2.75, 3.05) is 0 Å². The summed E-state index contributed by atoms with van der Waals surface area (Å²) in [5.74, 6) is -1.55. The van der Waals surface area contributed by atoms with Crippen LogP contribution in [0.25, 0.3) is 11.3 Å².